The van der Waals surface area contributed by atoms with Crippen molar-refractivity contribution in [1.82, 2.24) is 20.2 Å². The highest BCUT2D eigenvalue weighted by molar-refractivity contribution is 6.33. The molecule has 0 atom stereocenters. The first-order valence-electron chi connectivity index (χ1n) is 5.72. The van der Waals surface area contributed by atoms with Gasteiger partial charge in [0, 0.05) is 11.6 Å². The Morgan fingerprint density at radius 1 is 1.42 bits per heavy atom. The molecule has 0 bridgehead atoms. The van der Waals surface area contributed by atoms with Crippen LogP contribution in [0.3, 0.4) is 0 Å². The van der Waals surface area contributed by atoms with Gasteiger partial charge in [0.1, 0.15) is 5.82 Å². The molecule has 2 aromatic rings. The molecule has 0 aliphatic rings. The van der Waals surface area contributed by atoms with E-state index in [1.54, 1.807) is 18.3 Å². The SMILES string of the molecule is CC(C)(C)c1nc(C(=O)Nc2ncccc2Cl)n[nH]1. The van der Waals surface area contributed by atoms with Gasteiger partial charge in [-0.05, 0) is 12.1 Å². The number of rotatable bonds is 2. The van der Waals surface area contributed by atoms with Crippen LogP contribution in [0.25, 0.3) is 0 Å². The van der Waals surface area contributed by atoms with E-state index in [4.69, 9.17) is 11.6 Å². The molecule has 0 spiro atoms. The summed E-state index contributed by atoms with van der Waals surface area (Å²) in [6, 6.07) is 3.32. The second-order valence-electron chi connectivity index (χ2n) is 5.05. The number of carbonyl (C=O) groups excluding carboxylic acids is 1. The van der Waals surface area contributed by atoms with E-state index in [0.29, 0.717) is 10.8 Å². The van der Waals surface area contributed by atoms with Crippen LogP contribution < -0.4 is 5.32 Å². The third kappa shape index (κ3) is 3.08. The van der Waals surface area contributed by atoms with Crippen LogP contribution in [-0.4, -0.2) is 26.1 Å². The van der Waals surface area contributed by atoms with Crippen molar-refractivity contribution in [2.24, 2.45) is 0 Å². The fourth-order valence-electron chi connectivity index (χ4n) is 1.34. The number of anilines is 1. The number of hydrogen-bond acceptors (Lipinski definition) is 4. The monoisotopic (exact) mass is 279 g/mol. The fourth-order valence-corrected chi connectivity index (χ4v) is 1.51. The summed E-state index contributed by atoms with van der Waals surface area (Å²) in [5.74, 6) is 0.542. The Kier molecular flexibility index (Phi) is 3.53. The van der Waals surface area contributed by atoms with Gasteiger partial charge >= 0.3 is 0 Å². The van der Waals surface area contributed by atoms with Crippen LogP contribution in [-0.2, 0) is 5.41 Å². The van der Waals surface area contributed by atoms with Crippen molar-refractivity contribution in [3.63, 3.8) is 0 Å². The smallest absolute Gasteiger partial charge is 0.296 e. The Morgan fingerprint density at radius 2 is 2.16 bits per heavy atom. The van der Waals surface area contributed by atoms with Crippen molar-refractivity contribution in [1.29, 1.82) is 0 Å². The molecule has 0 saturated heterocycles. The Balaban J connectivity index is 2.17. The second kappa shape index (κ2) is 4.97. The van der Waals surface area contributed by atoms with E-state index in [9.17, 15) is 4.79 Å². The van der Waals surface area contributed by atoms with Crippen LogP contribution >= 0.6 is 11.6 Å². The molecule has 0 radical (unpaired) electrons. The maximum Gasteiger partial charge on any atom is 0.296 e. The normalized spacial score (nSPS) is 11.4. The van der Waals surface area contributed by atoms with Gasteiger partial charge in [-0.25, -0.2) is 9.97 Å². The van der Waals surface area contributed by atoms with E-state index in [1.807, 2.05) is 20.8 Å². The van der Waals surface area contributed by atoms with Crippen LogP contribution in [0.5, 0.6) is 0 Å². The van der Waals surface area contributed by atoms with E-state index in [2.05, 4.69) is 25.5 Å². The summed E-state index contributed by atoms with van der Waals surface area (Å²) < 4.78 is 0. The van der Waals surface area contributed by atoms with Crippen molar-refractivity contribution in [2.45, 2.75) is 26.2 Å². The molecular formula is C12H14ClN5O. The molecule has 1 amide bonds. The van der Waals surface area contributed by atoms with Crippen molar-refractivity contribution >= 4 is 23.3 Å². The van der Waals surface area contributed by atoms with Gasteiger partial charge in [-0.15, -0.1) is 5.10 Å². The molecule has 0 unspecified atom stereocenters. The standard InChI is InChI=1S/C12H14ClN5O/c1-12(2,3)11-16-9(17-18-11)10(19)15-8-7(13)5-4-6-14-8/h4-6H,1-3H3,(H,14,15,19)(H,16,17,18). The number of pyridine rings is 1. The lowest BCUT2D eigenvalue weighted by Crippen LogP contribution is -2.16. The summed E-state index contributed by atoms with van der Waals surface area (Å²) in [6.07, 6.45) is 1.54. The summed E-state index contributed by atoms with van der Waals surface area (Å²) in [4.78, 5) is 20.1. The highest BCUT2D eigenvalue weighted by atomic mass is 35.5. The van der Waals surface area contributed by atoms with Crippen LogP contribution in [0, 0.1) is 0 Å². The van der Waals surface area contributed by atoms with E-state index < -0.39 is 5.91 Å². The Morgan fingerprint density at radius 3 is 2.74 bits per heavy atom. The number of nitrogens with zero attached hydrogens (tertiary/aromatic N) is 3. The minimum atomic E-state index is -0.452. The number of nitrogens with one attached hydrogen (secondary N) is 2. The molecule has 0 saturated carbocycles. The predicted molar refractivity (Wildman–Crippen MR) is 72.3 cm³/mol. The van der Waals surface area contributed by atoms with Gasteiger partial charge in [0.05, 0.1) is 5.02 Å². The Bertz CT molecular complexity index is 602. The van der Waals surface area contributed by atoms with Crippen molar-refractivity contribution in [3.05, 3.63) is 35.0 Å². The Hall–Kier alpha value is -1.95. The minimum Gasteiger partial charge on any atom is -0.303 e. The number of carbonyl (C=O) groups is 1. The number of aromatic nitrogens is 4. The lowest BCUT2D eigenvalue weighted by molar-refractivity contribution is 0.101. The molecule has 0 aromatic carbocycles. The number of hydrogen-bond donors (Lipinski definition) is 2. The average molecular weight is 280 g/mol. The van der Waals surface area contributed by atoms with E-state index >= 15 is 0 Å². The highest BCUT2D eigenvalue weighted by Gasteiger charge is 2.21. The number of H-pyrrole nitrogens is 1. The molecule has 2 heterocycles. The molecule has 100 valence electrons. The second-order valence-corrected chi connectivity index (χ2v) is 5.45. The zero-order valence-corrected chi connectivity index (χ0v) is 11.6. The first-order valence-corrected chi connectivity index (χ1v) is 6.10. The summed E-state index contributed by atoms with van der Waals surface area (Å²) in [6.45, 7) is 5.93. The summed E-state index contributed by atoms with van der Waals surface area (Å²) >= 11 is 5.91. The predicted octanol–water partition coefficient (Wildman–Crippen LogP) is 2.40. The molecule has 2 N–H and O–H groups in total. The first-order chi connectivity index (χ1) is 8.88. The number of halogens is 1. The zero-order chi connectivity index (χ0) is 14.0. The van der Waals surface area contributed by atoms with Crippen molar-refractivity contribution in [3.8, 4) is 0 Å². The van der Waals surface area contributed by atoms with Gasteiger partial charge in [0.15, 0.2) is 5.82 Å². The fraction of sp³-hybridized carbons (Fsp3) is 0.333. The van der Waals surface area contributed by atoms with Crippen LogP contribution in [0.2, 0.25) is 5.02 Å². The Labute approximate surface area is 115 Å². The van der Waals surface area contributed by atoms with Crippen LogP contribution in [0.4, 0.5) is 5.82 Å². The molecule has 2 rings (SSSR count). The molecule has 0 fully saturated rings. The first kappa shape index (κ1) is 13.5. The minimum absolute atomic E-state index is 0.0617. The van der Waals surface area contributed by atoms with Gasteiger partial charge in [0.2, 0.25) is 5.82 Å². The molecular weight excluding hydrogens is 266 g/mol. The maximum absolute atomic E-state index is 12.0. The van der Waals surface area contributed by atoms with Gasteiger partial charge in [-0.3, -0.25) is 9.89 Å². The zero-order valence-electron chi connectivity index (χ0n) is 10.9. The van der Waals surface area contributed by atoms with Gasteiger partial charge in [0.25, 0.3) is 5.91 Å². The molecule has 6 nitrogen and oxygen atoms in total. The number of amides is 1. The topological polar surface area (TPSA) is 83.6 Å². The van der Waals surface area contributed by atoms with Crippen molar-refractivity contribution in [2.75, 3.05) is 5.32 Å². The quantitative estimate of drug-likeness (QED) is 0.884. The third-order valence-electron chi connectivity index (χ3n) is 2.39. The van der Waals surface area contributed by atoms with Crippen LogP contribution in [0.1, 0.15) is 37.2 Å². The molecule has 2 aromatic heterocycles. The van der Waals surface area contributed by atoms with E-state index in [-0.39, 0.29) is 17.1 Å². The average Bonchev–Trinajstić information content (AvgIpc) is 2.81. The highest BCUT2D eigenvalue weighted by Crippen LogP contribution is 2.19. The van der Waals surface area contributed by atoms with Gasteiger partial charge < -0.3 is 5.32 Å². The third-order valence-corrected chi connectivity index (χ3v) is 2.69. The van der Waals surface area contributed by atoms with E-state index in [0.717, 1.165) is 0 Å². The maximum atomic E-state index is 12.0. The van der Waals surface area contributed by atoms with Gasteiger partial charge in [-0.2, -0.15) is 0 Å². The van der Waals surface area contributed by atoms with Crippen molar-refractivity contribution < 1.29 is 4.79 Å². The number of aromatic amines is 1. The lowest BCUT2D eigenvalue weighted by atomic mass is 9.96. The summed E-state index contributed by atoms with van der Waals surface area (Å²) in [5.41, 5.74) is -0.200. The lowest BCUT2D eigenvalue weighted by Gasteiger charge is -2.12. The van der Waals surface area contributed by atoms with Gasteiger partial charge in [-0.1, -0.05) is 32.4 Å². The molecule has 19 heavy (non-hydrogen) atoms. The van der Waals surface area contributed by atoms with E-state index in [1.165, 1.54) is 0 Å². The largest absolute Gasteiger partial charge is 0.303 e. The van der Waals surface area contributed by atoms with Crippen LogP contribution in [0.15, 0.2) is 18.3 Å². The summed E-state index contributed by atoms with van der Waals surface area (Å²) in [5, 5.41) is 9.57. The molecule has 0 aliphatic heterocycles. The molecule has 7 heteroatoms. The molecule has 0 aliphatic carbocycles. The summed E-state index contributed by atoms with van der Waals surface area (Å²) in [7, 11) is 0.